The predicted molar refractivity (Wildman–Crippen MR) is 89.6 cm³/mol. The summed E-state index contributed by atoms with van der Waals surface area (Å²) in [6.45, 7) is 6.00. The zero-order valence-electron chi connectivity index (χ0n) is 14.3. The highest BCUT2D eigenvalue weighted by Crippen LogP contribution is 2.41. The molecule has 3 nitrogen and oxygen atoms in total. The Morgan fingerprint density at radius 1 is 1.35 bits per heavy atom. The molecule has 1 fully saturated rings. The molecular formula is C19H28FNO2. The first kappa shape index (κ1) is 17.9. The fourth-order valence-corrected chi connectivity index (χ4v) is 3.75. The maximum absolute atomic E-state index is 14.2. The fourth-order valence-electron chi connectivity index (χ4n) is 3.75. The minimum atomic E-state index is -1.39. The monoisotopic (exact) mass is 321 g/mol. The maximum Gasteiger partial charge on any atom is 0.252 e. The van der Waals surface area contributed by atoms with Gasteiger partial charge in [0.25, 0.3) is 5.91 Å². The highest BCUT2D eigenvalue weighted by molar-refractivity contribution is 5.85. The predicted octanol–water partition coefficient (Wildman–Crippen LogP) is 3.64. The van der Waals surface area contributed by atoms with Crippen molar-refractivity contribution in [1.29, 1.82) is 0 Å². The van der Waals surface area contributed by atoms with E-state index in [4.69, 9.17) is 0 Å². The van der Waals surface area contributed by atoms with Gasteiger partial charge >= 0.3 is 0 Å². The molecule has 2 rings (SSSR count). The molecular weight excluding hydrogens is 293 g/mol. The van der Waals surface area contributed by atoms with Crippen LogP contribution in [-0.2, 0) is 4.79 Å². The molecule has 1 saturated carbocycles. The van der Waals surface area contributed by atoms with Crippen molar-refractivity contribution in [2.24, 2.45) is 17.8 Å². The molecule has 0 bridgehead atoms. The largest absolute Gasteiger partial charge is 0.380 e. The Morgan fingerprint density at radius 3 is 2.61 bits per heavy atom. The van der Waals surface area contributed by atoms with E-state index in [0.29, 0.717) is 17.9 Å². The van der Waals surface area contributed by atoms with Crippen molar-refractivity contribution in [3.05, 3.63) is 35.9 Å². The number of carbonyl (C=O) groups excluding carboxylic acids is 1. The van der Waals surface area contributed by atoms with Gasteiger partial charge < -0.3 is 10.4 Å². The molecule has 1 aliphatic carbocycles. The molecule has 0 aromatic heterocycles. The zero-order valence-corrected chi connectivity index (χ0v) is 14.3. The first-order chi connectivity index (χ1) is 10.8. The quantitative estimate of drug-likeness (QED) is 0.870. The molecule has 1 amide bonds. The minimum Gasteiger partial charge on any atom is -0.380 e. The molecule has 2 N–H and O–H groups in total. The molecule has 4 heteroatoms. The molecule has 128 valence electrons. The number of rotatable bonds is 5. The summed E-state index contributed by atoms with van der Waals surface area (Å²) in [5.74, 6) is 0.0133. The van der Waals surface area contributed by atoms with Gasteiger partial charge in [-0.2, -0.15) is 0 Å². The standard InChI is InChI=1S/C19H28FNO2/c1-13(2)16-10-9-14(3)11-19(16,23)18(22)21-12-17(20)15-7-5-4-6-8-15/h4-8,13-14,16-17,23H,9-12H2,1-3H3,(H,21,22)/t14?,16?,17?,19-/m1/s1. The second kappa shape index (κ2) is 7.43. The molecule has 1 aliphatic rings. The molecule has 1 aromatic rings. The molecule has 1 aromatic carbocycles. The highest BCUT2D eigenvalue weighted by atomic mass is 19.1. The number of hydrogen-bond acceptors (Lipinski definition) is 2. The van der Waals surface area contributed by atoms with Crippen LogP contribution in [0.2, 0.25) is 0 Å². The molecule has 4 atom stereocenters. The molecule has 0 saturated heterocycles. The average molecular weight is 321 g/mol. The van der Waals surface area contributed by atoms with Crippen LogP contribution in [0.1, 0.15) is 51.8 Å². The SMILES string of the molecule is CC1CCC(C(C)C)[C@@](O)(C(=O)NCC(F)c2ccccc2)C1. The van der Waals surface area contributed by atoms with Crippen molar-refractivity contribution in [2.45, 2.75) is 51.8 Å². The van der Waals surface area contributed by atoms with Gasteiger partial charge in [-0.25, -0.2) is 4.39 Å². The van der Waals surface area contributed by atoms with Gasteiger partial charge in [0.1, 0.15) is 11.8 Å². The third-order valence-corrected chi connectivity index (χ3v) is 5.04. The van der Waals surface area contributed by atoms with E-state index in [1.165, 1.54) is 0 Å². The van der Waals surface area contributed by atoms with Crippen LogP contribution in [0.3, 0.4) is 0 Å². The third kappa shape index (κ3) is 4.11. The topological polar surface area (TPSA) is 49.3 Å². The summed E-state index contributed by atoms with van der Waals surface area (Å²) in [4.78, 5) is 12.6. The van der Waals surface area contributed by atoms with Gasteiger partial charge in [0.05, 0.1) is 6.54 Å². The minimum absolute atomic E-state index is 0.0755. The molecule has 3 unspecified atom stereocenters. The lowest BCUT2D eigenvalue weighted by Gasteiger charge is -2.43. The number of alkyl halides is 1. The summed E-state index contributed by atoms with van der Waals surface area (Å²) in [5.41, 5.74) is -0.848. The van der Waals surface area contributed by atoms with E-state index in [0.717, 1.165) is 12.8 Å². The van der Waals surface area contributed by atoms with Crippen molar-refractivity contribution in [1.82, 2.24) is 5.32 Å². The fraction of sp³-hybridized carbons (Fsp3) is 0.632. The molecule has 0 radical (unpaired) electrons. The smallest absolute Gasteiger partial charge is 0.252 e. The Kier molecular flexibility index (Phi) is 5.79. The van der Waals surface area contributed by atoms with Crippen LogP contribution < -0.4 is 5.32 Å². The van der Waals surface area contributed by atoms with E-state index < -0.39 is 17.7 Å². The highest BCUT2D eigenvalue weighted by Gasteiger charge is 2.48. The summed E-state index contributed by atoms with van der Waals surface area (Å²) in [6, 6.07) is 8.77. The number of carbonyl (C=O) groups is 1. The normalized spacial score (nSPS) is 29.3. The second-order valence-electron chi connectivity index (χ2n) is 7.25. The first-order valence-corrected chi connectivity index (χ1v) is 8.54. The van der Waals surface area contributed by atoms with Crippen LogP contribution in [0.15, 0.2) is 30.3 Å². The Bertz CT molecular complexity index is 519. The number of aliphatic hydroxyl groups is 1. The number of amides is 1. The first-order valence-electron chi connectivity index (χ1n) is 8.54. The lowest BCUT2D eigenvalue weighted by Crippen LogP contribution is -2.56. The third-order valence-electron chi connectivity index (χ3n) is 5.04. The molecule has 23 heavy (non-hydrogen) atoms. The van der Waals surface area contributed by atoms with Crippen molar-refractivity contribution in [3.63, 3.8) is 0 Å². The Labute approximate surface area is 138 Å². The lowest BCUT2D eigenvalue weighted by molar-refractivity contribution is -0.156. The summed E-state index contributed by atoms with van der Waals surface area (Å²) in [5, 5.41) is 13.6. The number of hydrogen-bond donors (Lipinski definition) is 2. The average Bonchev–Trinajstić information content (AvgIpc) is 2.52. The van der Waals surface area contributed by atoms with Crippen molar-refractivity contribution < 1.29 is 14.3 Å². The van der Waals surface area contributed by atoms with Gasteiger partial charge in [-0.05, 0) is 36.2 Å². The molecule has 0 spiro atoms. The van der Waals surface area contributed by atoms with Gasteiger partial charge in [-0.1, -0.05) is 57.5 Å². The van der Waals surface area contributed by atoms with Crippen molar-refractivity contribution >= 4 is 5.91 Å². The summed E-state index contributed by atoms with van der Waals surface area (Å²) in [7, 11) is 0. The van der Waals surface area contributed by atoms with Crippen LogP contribution in [0.5, 0.6) is 0 Å². The maximum atomic E-state index is 14.2. The van der Waals surface area contributed by atoms with Crippen LogP contribution in [0, 0.1) is 17.8 Å². The van der Waals surface area contributed by atoms with Crippen molar-refractivity contribution in [3.8, 4) is 0 Å². The van der Waals surface area contributed by atoms with E-state index in [-0.39, 0.29) is 18.4 Å². The van der Waals surface area contributed by atoms with Crippen LogP contribution in [0.25, 0.3) is 0 Å². The number of benzene rings is 1. The van der Waals surface area contributed by atoms with E-state index in [1.54, 1.807) is 24.3 Å². The Morgan fingerprint density at radius 2 is 2.00 bits per heavy atom. The Balaban J connectivity index is 2.02. The van der Waals surface area contributed by atoms with Gasteiger partial charge in [0.15, 0.2) is 0 Å². The number of nitrogens with one attached hydrogen (secondary N) is 1. The lowest BCUT2D eigenvalue weighted by atomic mass is 9.66. The van der Waals surface area contributed by atoms with Crippen molar-refractivity contribution in [2.75, 3.05) is 6.54 Å². The Hall–Kier alpha value is -1.42. The van der Waals surface area contributed by atoms with Crippen LogP contribution in [0.4, 0.5) is 4.39 Å². The van der Waals surface area contributed by atoms with Gasteiger partial charge in [-0.15, -0.1) is 0 Å². The van der Waals surface area contributed by atoms with E-state index in [2.05, 4.69) is 12.2 Å². The zero-order chi connectivity index (χ0) is 17.0. The summed E-state index contributed by atoms with van der Waals surface area (Å²) >= 11 is 0. The molecule has 0 aliphatic heterocycles. The molecule has 0 heterocycles. The second-order valence-corrected chi connectivity index (χ2v) is 7.25. The number of halogens is 1. The summed E-state index contributed by atoms with van der Waals surface area (Å²) in [6.07, 6.45) is 1.04. The van der Waals surface area contributed by atoms with Gasteiger partial charge in [0.2, 0.25) is 0 Å². The van der Waals surface area contributed by atoms with Crippen LogP contribution >= 0.6 is 0 Å². The van der Waals surface area contributed by atoms with Gasteiger partial charge in [0, 0.05) is 0 Å². The van der Waals surface area contributed by atoms with E-state index >= 15 is 0 Å². The summed E-state index contributed by atoms with van der Waals surface area (Å²) < 4.78 is 14.2. The van der Waals surface area contributed by atoms with Gasteiger partial charge in [-0.3, -0.25) is 4.79 Å². The van der Waals surface area contributed by atoms with E-state index in [9.17, 15) is 14.3 Å². The van der Waals surface area contributed by atoms with Crippen LogP contribution in [-0.4, -0.2) is 23.2 Å². The van der Waals surface area contributed by atoms with E-state index in [1.807, 2.05) is 19.9 Å².